The van der Waals surface area contributed by atoms with Gasteiger partial charge in [-0.05, 0) is 48.7 Å². The summed E-state index contributed by atoms with van der Waals surface area (Å²) in [5.74, 6) is 0.293. The predicted molar refractivity (Wildman–Crippen MR) is 151 cm³/mol. The summed E-state index contributed by atoms with van der Waals surface area (Å²) in [6, 6.07) is 19.2. The monoisotopic (exact) mass is 548 g/mol. The van der Waals surface area contributed by atoms with Gasteiger partial charge in [-0.3, -0.25) is 24.6 Å². The summed E-state index contributed by atoms with van der Waals surface area (Å²) in [5.41, 5.74) is 2.89. The first-order chi connectivity index (χ1) is 18.8. The molecule has 3 aromatic rings. The highest BCUT2D eigenvalue weighted by Gasteiger charge is 2.39. The molecule has 1 aliphatic heterocycles. The zero-order valence-electron chi connectivity index (χ0n) is 21.7. The number of hydrogen-bond donors (Lipinski definition) is 1. The molecule has 0 radical (unpaired) electrons. The quantitative estimate of drug-likeness (QED) is 0.275. The summed E-state index contributed by atoms with van der Waals surface area (Å²) in [6.45, 7) is 2.35. The van der Waals surface area contributed by atoms with Gasteiger partial charge in [0.05, 0.1) is 36.6 Å². The number of amides is 2. The number of anilines is 1. The number of nitro benzene ring substituents is 1. The Morgan fingerprint density at radius 2 is 1.85 bits per heavy atom. The van der Waals surface area contributed by atoms with Crippen molar-refractivity contribution < 1.29 is 24.0 Å². The number of nitrogens with one attached hydrogen (secondary N) is 1. The molecule has 1 atom stereocenters. The smallest absolute Gasteiger partial charge is 0.273 e. The van der Waals surface area contributed by atoms with E-state index in [4.69, 9.17) is 14.5 Å². The van der Waals surface area contributed by atoms with E-state index in [2.05, 4.69) is 5.32 Å². The molecule has 4 rings (SSSR count). The molecule has 1 saturated heterocycles. The molecule has 2 amide bonds. The molecule has 0 aliphatic carbocycles. The lowest BCUT2D eigenvalue weighted by atomic mass is 10.1. The number of para-hydroxylation sites is 1. The molecule has 3 aromatic carbocycles. The van der Waals surface area contributed by atoms with E-state index in [0.29, 0.717) is 18.1 Å². The number of non-ortho nitro benzene ring substituents is 1. The number of ether oxygens (including phenoxy) is 2. The molecule has 1 unspecified atom stereocenters. The van der Waals surface area contributed by atoms with Gasteiger partial charge in [0.25, 0.3) is 5.69 Å². The average molecular weight is 549 g/mol. The minimum atomic E-state index is -0.673. The number of carbonyl (C=O) groups is 2. The second-order valence-electron chi connectivity index (χ2n) is 8.77. The first kappa shape index (κ1) is 27.6. The number of thioether (sulfide) groups is 1. The molecule has 0 aromatic heterocycles. The summed E-state index contributed by atoms with van der Waals surface area (Å²) >= 11 is 1.25. The van der Waals surface area contributed by atoms with Crippen molar-refractivity contribution in [1.29, 1.82) is 0 Å². The number of hydrogen-bond acceptors (Lipinski definition) is 8. The van der Waals surface area contributed by atoms with Gasteiger partial charge in [0.2, 0.25) is 11.8 Å². The summed E-state index contributed by atoms with van der Waals surface area (Å²) in [7, 11) is 2.97. The number of aliphatic imine (C=N–C) groups is 1. The highest BCUT2D eigenvalue weighted by Crippen LogP contribution is 2.34. The number of rotatable bonds is 10. The first-order valence-electron chi connectivity index (χ1n) is 12.2. The SMILES string of the molecule is COc1ccc(CCN2C(=O)C(CC(=O)Nc3ccc([N+](=O)[O-])cc3OC)SC2=Nc2ccccc2C)cc1. The van der Waals surface area contributed by atoms with Gasteiger partial charge in [-0.25, -0.2) is 4.99 Å². The Labute approximate surface area is 230 Å². The van der Waals surface area contributed by atoms with Crippen LogP contribution in [0, 0.1) is 17.0 Å². The Morgan fingerprint density at radius 1 is 1.10 bits per heavy atom. The standard InChI is InChI=1S/C28H28N4O6S/c1-18-6-4-5-7-22(18)30-28-31(15-14-19-8-11-21(37-2)12-9-19)27(34)25(39-28)17-26(33)29-23-13-10-20(32(35)36)16-24(23)38-3/h4-13,16,25H,14-15,17H2,1-3H3,(H,29,33). The Morgan fingerprint density at radius 3 is 2.51 bits per heavy atom. The summed E-state index contributed by atoms with van der Waals surface area (Å²) in [5, 5.41) is 13.6. The Balaban J connectivity index is 1.51. The van der Waals surface area contributed by atoms with E-state index in [1.54, 1.807) is 12.0 Å². The maximum absolute atomic E-state index is 13.5. The van der Waals surface area contributed by atoms with Crippen LogP contribution in [0.1, 0.15) is 17.5 Å². The van der Waals surface area contributed by atoms with Crippen LogP contribution in [0.25, 0.3) is 0 Å². The molecule has 1 aliphatic rings. The van der Waals surface area contributed by atoms with E-state index >= 15 is 0 Å². The van der Waals surface area contributed by atoms with E-state index in [-0.39, 0.29) is 29.5 Å². The van der Waals surface area contributed by atoms with Gasteiger partial charge in [0.1, 0.15) is 16.7 Å². The number of nitrogens with zero attached hydrogens (tertiary/aromatic N) is 3. The fraction of sp³-hybridized carbons (Fsp3) is 0.250. The summed E-state index contributed by atoms with van der Waals surface area (Å²) in [4.78, 5) is 43.3. The van der Waals surface area contributed by atoms with Gasteiger partial charge in [0, 0.05) is 19.0 Å². The molecule has 1 fully saturated rings. The van der Waals surface area contributed by atoms with Crippen LogP contribution < -0.4 is 14.8 Å². The fourth-order valence-electron chi connectivity index (χ4n) is 4.02. The van der Waals surface area contributed by atoms with E-state index in [0.717, 1.165) is 22.6 Å². The Hall–Kier alpha value is -4.38. The number of benzene rings is 3. The second kappa shape index (κ2) is 12.4. The molecule has 39 heavy (non-hydrogen) atoms. The Kier molecular flexibility index (Phi) is 8.82. The van der Waals surface area contributed by atoms with E-state index in [1.807, 2.05) is 55.5 Å². The topological polar surface area (TPSA) is 123 Å². The van der Waals surface area contributed by atoms with Crippen molar-refractivity contribution in [3.8, 4) is 11.5 Å². The second-order valence-corrected chi connectivity index (χ2v) is 9.94. The van der Waals surface area contributed by atoms with Crippen molar-refractivity contribution >= 4 is 45.8 Å². The lowest BCUT2D eigenvalue weighted by molar-refractivity contribution is -0.384. The molecule has 202 valence electrons. The van der Waals surface area contributed by atoms with Crippen molar-refractivity contribution in [2.24, 2.45) is 4.99 Å². The van der Waals surface area contributed by atoms with Crippen LogP contribution in [-0.2, 0) is 16.0 Å². The van der Waals surface area contributed by atoms with Crippen LogP contribution >= 0.6 is 11.8 Å². The average Bonchev–Trinajstić information content (AvgIpc) is 3.22. The molecule has 0 spiro atoms. The number of carbonyl (C=O) groups excluding carboxylic acids is 2. The lowest BCUT2D eigenvalue weighted by Gasteiger charge is -2.17. The maximum atomic E-state index is 13.5. The third-order valence-electron chi connectivity index (χ3n) is 6.18. The fourth-order valence-corrected chi connectivity index (χ4v) is 5.20. The molecule has 1 heterocycles. The van der Waals surface area contributed by atoms with Crippen LogP contribution in [-0.4, -0.2) is 52.8 Å². The third kappa shape index (κ3) is 6.74. The summed E-state index contributed by atoms with van der Waals surface area (Å²) < 4.78 is 10.4. The Bertz CT molecular complexity index is 1410. The van der Waals surface area contributed by atoms with Gasteiger partial charge in [-0.2, -0.15) is 0 Å². The number of aryl methyl sites for hydroxylation is 1. The number of nitro groups is 1. The third-order valence-corrected chi connectivity index (χ3v) is 7.35. The molecule has 0 saturated carbocycles. The summed E-state index contributed by atoms with van der Waals surface area (Å²) in [6.07, 6.45) is 0.497. The number of methoxy groups -OCH3 is 2. The number of amidine groups is 1. The van der Waals surface area contributed by atoms with Crippen LogP contribution in [0.5, 0.6) is 11.5 Å². The highest BCUT2D eigenvalue weighted by molar-refractivity contribution is 8.15. The van der Waals surface area contributed by atoms with E-state index in [9.17, 15) is 19.7 Å². The van der Waals surface area contributed by atoms with Crippen molar-refractivity contribution in [3.63, 3.8) is 0 Å². The molecule has 1 N–H and O–H groups in total. The lowest BCUT2D eigenvalue weighted by Crippen LogP contribution is -2.35. The van der Waals surface area contributed by atoms with Gasteiger partial charge < -0.3 is 14.8 Å². The predicted octanol–water partition coefficient (Wildman–Crippen LogP) is 5.12. The van der Waals surface area contributed by atoms with Crippen LogP contribution in [0.2, 0.25) is 0 Å². The van der Waals surface area contributed by atoms with Crippen LogP contribution in [0.4, 0.5) is 17.1 Å². The van der Waals surface area contributed by atoms with Gasteiger partial charge >= 0.3 is 0 Å². The zero-order chi connectivity index (χ0) is 27.9. The van der Waals surface area contributed by atoms with Crippen molar-refractivity contribution in [2.45, 2.75) is 25.0 Å². The maximum Gasteiger partial charge on any atom is 0.273 e. The minimum absolute atomic E-state index is 0.102. The minimum Gasteiger partial charge on any atom is -0.497 e. The van der Waals surface area contributed by atoms with Crippen molar-refractivity contribution in [2.75, 3.05) is 26.1 Å². The highest BCUT2D eigenvalue weighted by atomic mass is 32.2. The molecule has 0 bridgehead atoms. The zero-order valence-corrected chi connectivity index (χ0v) is 22.6. The van der Waals surface area contributed by atoms with Gasteiger partial charge in [-0.15, -0.1) is 0 Å². The van der Waals surface area contributed by atoms with Gasteiger partial charge in [-0.1, -0.05) is 42.1 Å². The van der Waals surface area contributed by atoms with Crippen LogP contribution in [0.15, 0.2) is 71.7 Å². The molecular weight excluding hydrogens is 520 g/mol. The van der Waals surface area contributed by atoms with Crippen molar-refractivity contribution in [3.05, 3.63) is 88.0 Å². The normalized spacial score (nSPS) is 15.9. The molecule has 10 nitrogen and oxygen atoms in total. The van der Waals surface area contributed by atoms with Crippen molar-refractivity contribution in [1.82, 2.24) is 4.90 Å². The van der Waals surface area contributed by atoms with E-state index in [1.165, 1.54) is 37.1 Å². The first-order valence-corrected chi connectivity index (χ1v) is 13.0. The van der Waals surface area contributed by atoms with Crippen LogP contribution in [0.3, 0.4) is 0 Å². The molecule has 11 heteroatoms. The molecular formula is C28H28N4O6S. The van der Waals surface area contributed by atoms with E-state index < -0.39 is 16.1 Å². The van der Waals surface area contributed by atoms with Gasteiger partial charge in [0.15, 0.2) is 5.17 Å². The largest absolute Gasteiger partial charge is 0.497 e.